The van der Waals surface area contributed by atoms with Crippen molar-refractivity contribution >= 4 is 40.1 Å². The third-order valence-electron chi connectivity index (χ3n) is 3.75. The lowest BCUT2D eigenvalue weighted by molar-refractivity contribution is -0.121. The Balaban J connectivity index is 1.96. The lowest BCUT2D eigenvalue weighted by Crippen LogP contribution is -2.30. The third kappa shape index (κ3) is 2.61. The highest BCUT2D eigenvalue weighted by molar-refractivity contribution is 14.1. The minimum atomic E-state index is -0.483. The van der Waals surface area contributed by atoms with Crippen LogP contribution in [0.2, 0.25) is 0 Å². The number of rotatable bonds is 3. The number of hydrogen-bond donors (Lipinski definition) is 0. The molecule has 0 aromatic heterocycles. The van der Waals surface area contributed by atoms with Gasteiger partial charge in [0.15, 0.2) is 0 Å². The number of methoxy groups -OCH3 is 1. The van der Waals surface area contributed by atoms with Gasteiger partial charge in [-0.1, -0.05) is 18.2 Å². The Morgan fingerprint density at radius 3 is 2.45 bits per heavy atom. The largest absolute Gasteiger partial charge is 0.496 e. The Kier molecular flexibility index (Phi) is 4.15. The summed E-state index contributed by atoms with van der Waals surface area (Å²) in [7, 11) is 1.57. The van der Waals surface area contributed by atoms with E-state index >= 15 is 0 Å². The number of halogens is 1. The van der Waals surface area contributed by atoms with Gasteiger partial charge in [0.05, 0.1) is 18.7 Å². The van der Waals surface area contributed by atoms with Gasteiger partial charge in [0, 0.05) is 15.6 Å². The molecule has 0 N–H and O–H groups in total. The van der Waals surface area contributed by atoms with Crippen molar-refractivity contribution in [3.8, 4) is 5.75 Å². The zero-order chi connectivity index (χ0) is 15.7. The molecule has 1 fully saturated rings. The van der Waals surface area contributed by atoms with Crippen LogP contribution < -0.4 is 9.64 Å². The van der Waals surface area contributed by atoms with E-state index in [0.717, 1.165) is 9.13 Å². The van der Waals surface area contributed by atoms with E-state index in [1.165, 1.54) is 4.90 Å². The summed E-state index contributed by atoms with van der Waals surface area (Å²) in [6.07, 6.45) is 0.172. The molecule has 0 aliphatic carbocycles. The summed E-state index contributed by atoms with van der Waals surface area (Å²) >= 11 is 2.19. The van der Waals surface area contributed by atoms with E-state index in [-0.39, 0.29) is 18.2 Å². The summed E-state index contributed by atoms with van der Waals surface area (Å²) in [6.45, 7) is 0. The molecule has 22 heavy (non-hydrogen) atoms. The van der Waals surface area contributed by atoms with Gasteiger partial charge >= 0.3 is 0 Å². The fourth-order valence-corrected chi connectivity index (χ4v) is 3.05. The molecule has 0 unspecified atom stereocenters. The number of ether oxygens (including phenoxy) is 1. The first-order chi connectivity index (χ1) is 10.6. The number of hydrogen-bond acceptors (Lipinski definition) is 3. The summed E-state index contributed by atoms with van der Waals surface area (Å²) in [5.41, 5.74) is 1.38. The molecule has 1 aliphatic rings. The summed E-state index contributed by atoms with van der Waals surface area (Å²) < 4.78 is 6.37. The Labute approximate surface area is 142 Å². The van der Waals surface area contributed by atoms with Crippen LogP contribution >= 0.6 is 22.6 Å². The lowest BCUT2D eigenvalue weighted by Gasteiger charge is -2.16. The minimum Gasteiger partial charge on any atom is -0.496 e. The van der Waals surface area contributed by atoms with Gasteiger partial charge < -0.3 is 4.74 Å². The maximum Gasteiger partial charge on any atom is 0.241 e. The van der Waals surface area contributed by atoms with Gasteiger partial charge in [-0.15, -0.1) is 0 Å². The van der Waals surface area contributed by atoms with Crippen molar-refractivity contribution in [1.82, 2.24) is 0 Å². The second kappa shape index (κ2) is 6.08. The molecular formula is C17H14INO3. The molecule has 1 atom stereocenters. The lowest BCUT2D eigenvalue weighted by atomic mass is 9.96. The molecule has 0 spiro atoms. The third-order valence-corrected chi connectivity index (χ3v) is 4.46. The maximum absolute atomic E-state index is 12.7. The van der Waals surface area contributed by atoms with Crippen LogP contribution in [-0.2, 0) is 9.59 Å². The molecule has 4 nitrogen and oxygen atoms in total. The number of nitrogens with zero attached hydrogens (tertiary/aromatic N) is 1. The molecule has 2 aromatic carbocycles. The number of para-hydroxylation sites is 1. The van der Waals surface area contributed by atoms with E-state index in [9.17, 15) is 9.59 Å². The van der Waals surface area contributed by atoms with Gasteiger partial charge in [0.2, 0.25) is 11.8 Å². The highest BCUT2D eigenvalue weighted by Crippen LogP contribution is 2.37. The van der Waals surface area contributed by atoms with Gasteiger partial charge in [0.25, 0.3) is 0 Å². The van der Waals surface area contributed by atoms with Crippen LogP contribution in [0.5, 0.6) is 5.75 Å². The van der Waals surface area contributed by atoms with Gasteiger partial charge in [-0.05, 0) is 52.9 Å². The highest BCUT2D eigenvalue weighted by Gasteiger charge is 2.41. The molecule has 0 saturated carbocycles. The van der Waals surface area contributed by atoms with E-state index in [0.29, 0.717) is 11.4 Å². The fraction of sp³-hybridized carbons (Fsp3) is 0.176. The standard InChI is InChI=1S/C17H14INO3/c1-22-15-5-3-2-4-13(15)14-10-16(20)19(17(14)21)12-8-6-11(18)7-9-12/h2-9,14H,10H2,1H3/t14-/m1/s1. The molecule has 1 aliphatic heterocycles. The van der Waals surface area contributed by atoms with Crippen molar-refractivity contribution < 1.29 is 14.3 Å². The van der Waals surface area contributed by atoms with Crippen molar-refractivity contribution in [3.63, 3.8) is 0 Å². The first kappa shape index (κ1) is 15.0. The molecule has 112 valence electrons. The predicted octanol–water partition coefficient (Wildman–Crippen LogP) is 3.35. The van der Waals surface area contributed by atoms with E-state index in [1.807, 2.05) is 30.3 Å². The molecule has 2 aromatic rings. The molecule has 0 radical (unpaired) electrons. The van der Waals surface area contributed by atoms with Crippen LogP contribution in [0.15, 0.2) is 48.5 Å². The second-order valence-electron chi connectivity index (χ2n) is 5.04. The van der Waals surface area contributed by atoms with Crippen molar-refractivity contribution in [1.29, 1.82) is 0 Å². The van der Waals surface area contributed by atoms with E-state index in [4.69, 9.17) is 4.74 Å². The Morgan fingerprint density at radius 2 is 1.77 bits per heavy atom. The van der Waals surface area contributed by atoms with Crippen molar-refractivity contribution in [2.24, 2.45) is 0 Å². The molecular weight excluding hydrogens is 393 g/mol. The Hall–Kier alpha value is -1.89. The van der Waals surface area contributed by atoms with Crippen LogP contribution in [0, 0.1) is 3.57 Å². The first-order valence-electron chi connectivity index (χ1n) is 6.87. The van der Waals surface area contributed by atoms with E-state index in [2.05, 4.69) is 22.6 Å². The average molecular weight is 407 g/mol. The SMILES string of the molecule is COc1ccccc1[C@H]1CC(=O)N(c2ccc(I)cc2)C1=O. The van der Waals surface area contributed by atoms with E-state index < -0.39 is 5.92 Å². The van der Waals surface area contributed by atoms with Crippen molar-refractivity contribution in [2.45, 2.75) is 12.3 Å². The first-order valence-corrected chi connectivity index (χ1v) is 7.95. The molecule has 1 saturated heterocycles. The van der Waals surface area contributed by atoms with Gasteiger partial charge in [-0.25, -0.2) is 0 Å². The second-order valence-corrected chi connectivity index (χ2v) is 6.29. The molecule has 0 bridgehead atoms. The number of amides is 2. The summed E-state index contributed by atoms with van der Waals surface area (Å²) in [5.74, 6) is -0.223. The van der Waals surface area contributed by atoms with Gasteiger partial charge in [-0.2, -0.15) is 0 Å². The smallest absolute Gasteiger partial charge is 0.241 e. The van der Waals surface area contributed by atoms with Crippen LogP contribution in [0.3, 0.4) is 0 Å². The molecule has 5 heteroatoms. The topological polar surface area (TPSA) is 46.6 Å². The van der Waals surface area contributed by atoms with Gasteiger partial charge in [0.1, 0.15) is 5.75 Å². The minimum absolute atomic E-state index is 0.172. The van der Waals surface area contributed by atoms with Crippen LogP contribution in [-0.4, -0.2) is 18.9 Å². The monoisotopic (exact) mass is 407 g/mol. The zero-order valence-corrected chi connectivity index (χ0v) is 14.1. The zero-order valence-electron chi connectivity index (χ0n) is 12.0. The quantitative estimate of drug-likeness (QED) is 0.579. The maximum atomic E-state index is 12.7. The Bertz CT molecular complexity index is 727. The van der Waals surface area contributed by atoms with Crippen LogP contribution in [0.25, 0.3) is 0 Å². The van der Waals surface area contributed by atoms with Gasteiger partial charge in [-0.3, -0.25) is 14.5 Å². The normalized spacial score (nSPS) is 17.9. The number of carbonyl (C=O) groups excluding carboxylic acids is 2. The van der Waals surface area contributed by atoms with Crippen molar-refractivity contribution in [3.05, 3.63) is 57.7 Å². The average Bonchev–Trinajstić information content (AvgIpc) is 2.83. The van der Waals surface area contributed by atoms with Crippen LogP contribution in [0.4, 0.5) is 5.69 Å². The van der Waals surface area contributed by atoms with Crippen LogP contribution in [0.1, 0.15) is 17.9 Å². The Morgan fingerprint density at radius 1 is 1.09 bits per heavy atom. The number of imide groups is 1. The molecule has 3 rings (SSSR count). The molecule has 1 heterocycles. The van der Waals surface area contributed by atoms with Crippen molar-refractivity contribution in [2.75, 3.05) is 12.0 Å². The molecule has 2 amide bonds. The van der Waals surface area contributed by atoms with E-state index in [1.54, 1.807) is 25.3 Å². The fourth-order valence-electron chi connectivity index (χ4n) is 2.69. The number of carbonyl (C=O) groups is 2. The highest BCUT2D eigenvalue weighted by atomic mass is 127. The summed E-state index contributed by atoms with van der Waals surface area (Å²) in [5, 5.41) is 0. The number of anilines is 1. The summed E-state index contributed by atoms with van der Waals surface area (Å²) in [6, 6.07) is 14.7. The number of benzene rings is 2. The predicted molar refractivity (Wildman–Crippen MR) is 92.0 cm³/mol. The summed E-state index contributed by atoms with van der Waals surface area (Å²) in [4.78, 5) is 26.3.